The number of rotatable bonds is 5. The summed E-state index contributed by atoms with van der Waals surface area (Å²) in [6.07, 6.45) is 0. The summed E-state index contributed by atoms with van der Waals surface area (Å²) in [7, 11) is 3.03. The number of carbonyl (C=O) groups excluding carboxylic acids is 1. The molecule has 26 heavy (non-hydrogen) atoms. The van der Waals surface area contributed by atoms with E-state index in [-0.39, 0.29) is 36.5 Å². The lowest BCUT2D eigenvalue weighted by Crippen LogP contribution is -2.40. The number of anilines is 3. The zero-order valence-corrected chi connectivity index (χ0v) is 15.5. The highest BCUT2D eigenvalue weighted by Crippen LogP contribution is 2.27. The molecule has 0 fully saturated rings. The molecule has 0 bridgehead atoms. The largest absolute Gasteiger partial charge is 0.480 e. The smallest absolute Gasteiger partial charge is 0.246 e. The van der Waals surface area contributed by atoms with Crippen LogP contribution in [0.2, 0.25) is 0 Å². The fraction of sp³-hybridized carbons (Fsp3) is 0.294. The predicted octanol–water partition coefficient (Wildman–Crippen LogP) is 2.80. The summed E-state index contributed by atoms with van der Waals surface area (Å²) < 4.78 is 5.92. The summed E-state index contributed by atoms with van der Waals surface area (Å²) in [6, 6.07) is 8.62. The summed E-state index contributed by atoms with van der Waals surface area (Å²) in [5.74, 6) is -0.0156. The number of hydrogen-bond acceptors (Lipinski definition) is 7. The van der Waals surface area contributed by atoms with Gasteiger partial charge in [0.1, 0.15) is 12.1 Å². The van der Waals surface area contributed by atoms with Gasteiger partial charge in [-0.05, 0) is 25.1 Å². The molecule has 0 spiro atoms. The topological polar surface area (TPSA) is 117 Å². The first-order chi connectivity index (χ1) is 11.9. The van der Waals surface area contributed by atoms with Gasteiger partial charge < -0.3 is 20.7 Å². The SMILES string of the molecule is C.COc1nc(N)nc(N(C)[C@@H](C)C(=O)Nc2cccc(Br)c2)c1C#N. The van der Waals surface area contributed by atoms with E-state index in [2.05, 4.69) is 31.2 Å². The van der Waals surface area contributed by atoms with Gasteiger partial charge in [0.15, 0.2) is 11.4 Å². The minimum Gasteiger partial charge on any atom is -0.480 e. The number of halogens is 1. The quantitative estimate of drug-likeness (QED) is 0.762. The van der Waals surface area contributed by atoms with Crippen molar-refractivity contribution in [2.45, 2.75) is 20.4 Å². The maximum atomic E-state index is 12.5. The molecule has 8 nitrogen and oxygen atoms in total. The summed E-state index contributed by atoms with van der Waals surface area (Å²) in [4.78, 5) is 22.0. The third-order valence-corrected chi connectivity index (χ3v) is 4.06. The minimum absolute atomic E-state index is 0. The number of nitrogens with two attached hydrogens (primary N) is 1. The fourth-order valence-electron chi connectivity index (χ4n) is 2.12. The van der Waals surface area contributed by atoms with Crippen molar-refractivity contribution >= 4 is 39.3 Å². The van der Waals surface area contributed by atoms with E-state index in [9.17, 15) is 10.1 Å². The summed E-state index contributed by atoms with van der Waals surface area (Å²) in [5.41, 5.74) is 6.43. The number of amides is 1. The molecule has 138 valence electrons. The number of nitriles is 1. The van der Waals surface area contributed by atoms with Crippen LogP contribution >= 0.6 is 15.9 Å². The van der Waals surface area contributed by atoms with Crippen LogP contribution in [0.1, 0.15) is 19.9 Å². The maximum Gasteiger partial charge on any atom is 0.246 e. The van der Waals surface area contributed by atoms with Gasteiger partial charge in [0, 0.05) is 17.2 Å². The van der Waals surface area contributed by atoms with Crippen LogP contribution < -0.4 is 20.7 Å². The van der Waals surface area contributed by atoms with E-state index < -0.39 is 6.04 Å². The Morgan fingerprint density at radius 1 is 1.46 bits per heavy atom. The number of aromatic nitrogens is 2. The number of likely N-dealkylation sites (N-methyl/N-ethyl adjacent to an activating group) is 1. The molecular formula is C17H21BrN6O2. The zero-order valence-electron chi connectivity index (χ0n) is 13.9. The first-order valence-electron chi connectivity index (χ1n) is 7.28. The van der Waals surface area contributed by atoms with Crippen LogP contribution in [0.4, 0.5) is 17.5 Å². The molecule has 1 aromatic carbocycles. The summed E-state index contributed by atoms with van der Waals surface area (Å²) in [6.45, 7) is 1.69. The Hall–Kier alpha value is -2.86. The van der Waals surface area contributed by atoms with Crippen LogP contribution in [0, 0.1) is 11.3 Å². The molecule has 9 heteroatoms. The Morgan fingerprint density at radius 2 is 2.15 bits per heavy atom. The lowest BCUT2D eigenvalue weighted by atomic mass is 10.2. The number of hydrogen-bond donors (Lipinski definition) is 2. The highest BCUT2D eigenvalue weighted by atomic mass is 79.9. The second kappa shape index (κ2) is 9.01. The Bertz CT molecular complexity index is 836. The molecule has 0 radical (unpaired) electrons. The number of nitrogens with one attached hydrogen (secondary N) is 1. The molecule has 0 saturated carbocycles. The summed E-state index contributed by atoms with van der Waals surface area (Å²) in [5, 5.41) is 12.2. The van der Waals surface area contributed by atoms with E-state index in [0.29, 0.717) is 5.69 Å². The monoisotopic (exact) mass is 420 g/mol. The number of nitrogen functional groups attached to an aromatic ring is 1. The van der Waals surface area contributed by atoms with Crippen LogP contribution in [-0.2, 0) is 4.79 Å². The van der Waals surface area contributed by atoms with Gasteiger partial charge >= 0.3 is 0 Å². The van der Waals surface area contributed by atoms with Crippen molar-refractivity contribution in [3.05, 3.63) is 34.3 Å². The fourth-order valence-corrected chi connectivity index (χ4v) is 2.52. The van der Waals surface area contributed by atoms with Crippen molar-refractivity contribution < 1.29 is 9.53 Å². The molecule has 1 heterocycles. The molecule has 0 aliphatic carbocycles. The lowest BCUT2D eigenvalue weighted by Gasteiger charge is -2.26. The highest BCUT2D eigenvalue weighted by molar-refractivity contribution is 9.10. The van der Waals surface area contributed by atoms with Gasteiger partial charge in [-0.1, -0.05) is 29.4 Å². The molecule has 2 rings (SSSR count). The Balaban J connectivity index is 0.00000338. The van der Waals surface area contributed by atoms with Crippen LogP contribution in [0.5, 0.6) is 5.88 Å². The van der Waals surface area contributed by atoms with Crippen molar-refractivity contribution in [2.24, 2.45) is 0 Å². The molecule has 1 atom stereocenters. The minimum atomic E-state index is -0.620. The van der Waals surface area contributed by atoms with Gasteiger partial charge in [0.2, 0.25) is 17.7 Å². The van der Waals surface area contributed by atoms with E-state index in [1.807, 2.05) is 18.2 Å². The third-order valence-electron chi connectivity index (χ3n) is 3.57. The first kappa shape index (κ1) is 21.2. The number of methoxy groups -OCH3 is 1. The second-order valence-electron chi connectivity index (χ2n) is 5.19. The van der Waals surface area contributed by atoms with E-state index >= 15 is 0 Å². The molecule has 1 aromatic heterocycles. The molecule has 3 N–H and O–H groups in total. The number of benzene rings is 1. The van der Waals surface area contributed by atoms with Crippen LogP contribution in [0.15, 0.2) is 28.7 Å². The van der Waals surface area contributed by atoms with Gasteiger partial charge in [-0.15, -0.1) is 0 Å². The average molecular weight is 421 g/mol. The van der Waals surface area contributed by atoms with E-state index in [0.717, 1.165) is 4.47 Å². The highest BCUT2D eigenvalue weighted by Gasteiger charge is 2.25. The molecule has 2 aromatic rings. The number of ether oxygens (including phenoxy) is 1. The van der Waals surface area contributed by atoms with Gasteiger partial charge in [0.05, 0.1) is 7.11 Å². The standard InChI is InChI=1S/C16H17BrN6O2.CH4/c1-9(14(24)20-11-6-4-5-10(17)7-11)23(2)13-12(8-18)15(25-3)22-16(19)21-13;/h4-7,9H,1-3H3,(H,20,24)(H2,19,21,22);1H4/t9-;/m0./s1. The van der Waals surface area contributed by atoms with Gasteiger partial charge in [-0.3, -0.25) is 4.79 Å². The van der Waals surface area contributed by atoms with Crippen LogP contribution in [0.3, 0.4) is 0 Å². The van der Waals surface area contributed by atoms with Crippen molar-refractivity contribution in [2.75, 3.05) is 30.1 Å². The summed E-state index contributed by atoms with van der Waals surface area (Å²) >= 11 is 3.35. The lowest BCUT2D eigenvalue weighted by molar-refractivity contribution is -0.117. The Morgan fingerprint density at radius 3 is 2.73 bits per heavy atom. The Kier molecular flexibility index (Phi) is 7.34. The van der Waals surface area contributed by atoms with Crippen molar-refractivity contribution in [3.8, 4) is 11.9 Å². The zero-order chi connectivity index (χ0) is 18.6. The van der Waals surface area contributed by atoms with Crippen molar-refractivity contribution in [1.29, 1.82) is 5.26 Å². The van der Waals surface area contributed by atoms with E-state index in [4.69, 9.17) is 10.5 Å². The van der Waals surface area contributed by atoms with Gasteiger partial charge in [-0.25, -0.2) is 0 Å². The molecule has 0 aliphatic rings. The van der Waals surface area contributed by atoms with Gasteiger partial charge in [-0.2, -0.15) is 15.2 Å². The first-order valence-corrected chi connectivity index (χ1v) is 8.07. The van der Waals surface area contributed by atoms with Crippen molar-refractivity contribution in [3.63, 3.8) is 0 Å². The number of carbonyl (C=O) groups is 1. The van der Waals surface area contributed by atoms with Crippen LogP contribution in [-0.4, -0.2) is 36.1 Å². The third kappa shape index (κ3) is 4.61. The maximum absolute atomic E-state index is 12.5. The van der Waals surface area contributed by atoms with Crippen molar-refractivity contribution in [1.82, 2.24) is 9.97 Å². The predicted molar refractivity (Wildman–Crippen MR) is 105 cm³/mol. The van der Waals surface area contributed by atoms with Gasteiger partial charge in [0.25, 0.3) is 0 Å². The van der Waals surface area contributed by atoms with Crippen LogP contribution in [0.25, 0.3) is 0 Å². The van der Waals surface area contributed by atoms with E-state index in [1.54, 1.807) is 31.0 Å². The second-order valence-corrected chi connectivity index (χ2v) is 6.10. The van der Waals surface area contributed by atoms with E-state index in [1.165, 1.54) is 7.11 Å². The molecule has 0 aliphatic heterocycles. The normalized spacial score (nSPS) is 10.9. The Labute approximate surface area is 161 Å². The molecular weight excluding hydrogens is 400 g/mol. The molecule has 0 saturated heterocycles. The molecule has 1 amide bonds. The average Bonchev–Trinajstić information content (AvgIpc) is 2.59. The number of nitrogens with zero attached hydrogens (tertiary/aromatic N) is 4. The molecule has 0 unspecified atom stereocenters.